The summed E-state index contributed by atoms with van der Waals surface area (Å²) in [5.41, 5.74) is 2.05. The lowest BCUT2D eigenvalue weighted by Crippen LogP contribution is -2.43. The van der Waals surface area contributed by atoms with E-state index in [1.165, 1.54) is 19.3 Å². The molecule has 3 N–H and O–H groups in total. The van der Waals surface area contributed by atoms with Gasteiger partial charge in [-0.25, -0.2) is 19.2 Å². The van der Waals surface area contributed by atoms with Gasteiger partial charge in [0.25, 0.3) is 0 Å². The van der Waals surface area contributed by atoms with Gasteiger partial charge in [-0.05, 0) is 43.5 Å². The molecule has 1 fully saturated rings. The number of benzene rings is 1. The molecule has 0 unspecified atom stereocenters. The second-order valence-corrected chi connectivity index (χ2v) is 8.19. The smallest absolute Gasteiger partial charge is 0.407 e. The number of carbonyl (C=O) groups is 1. The lowest BCUT2D eigenvalue weighted by Gasteiger charge is -2.33. The number of alkyl carbamates (subject to hydrolysis) is 1. The van der Waals surface area contributed by atoms with Gasteiger partial charge in [-0.3, -0.25) is 4.98 Å². The summed E-state index contributed by atoms with van der Waals surface area (Å²) >= 11 is 6.33. The molecule has 4 rings (SSSR count). The van der Waals surface area contributed by atoms with E-state index in [0.717, 1.165) is 5.56 Å². The number of amides is 1. The molecule has 3 aromatic rings. The molecule has 3 atom stereocenters. The van der Waals surface area contributed by atoms with E-state index in [2.05, 4.69) is 25.6 Å². The van der Waals surface area contributed by atoms with E-state index < -0.39 is 18.0 Å². The van der Waals surface area contributed by atoms with Crippen LogP contribution in [-0.2, 0) is 4.74 Å². The minimum absolute atomic E-state index is 0.266. The Hall–Kier alpha value is -3.04. The van der Waals surface area contributed by atoms with Crippen molar-refractivity contribution in [3.05, 3.63) is 47.0 Å². The van der Waals surface area contributed by atoms with Gasteiger partial charge in [0, 0.05) is 30.6 Å². The van der Waals surface area contributed by atoms with Gasteiger partial charge in [0.2, 0.25) is 5.95 Å². The highest BCUT2D eigenvalue weighted by atomic mass is 35.5. The van der Waals surface area contributed by atoms with Crippen molar-refractivity contribution >= 4 is 34.5 Å². The van der Waals surface area contributed by atoms with Crippen molar-refractivity contribution in [1.82, 2.24) is 20.3 Å². The van der Waals surface area contributed by atoms with Gasteiger partial charge in [-0.1, -0.05) is 11.6 Å². The largest absolute Gasteiger partial charge is 0.446 e. The molecule has 0 aliphatic heterocycles. The molecule has 2 aromatic heterocycles. The van der Waals surface area contributed by atoms with Gasteiger partial charge in [-0.2, -0.15) is 0 Å². The Morgan fingerprint density at radius 3 is 2.88 bits per heavy atom. The maximum atomic E-state index is 14.7. The summed E-state index contributed by atoms with van der Waals surface area (Å²) in [6.45, 7) is 1.88. The molecule has 0 spiro atoms. The third kappa shape index (κ3) is 4.58. The summed E-state index contributed by atoms with van der Waals surface area (Å²) in [6, 6.07) is 4.64. The van der Waals surface area contributed by atoms with E-state index in [4.69, 9.17) is 16.3 Å². The maximum Gasteiger partial charge on any atom is 0.407 e. The number of aliphatic hydroxyl groups excluding tert-OH is 1. The number of hydrogen-bond donors (Lipinski definition) is 3. The first-order chi connectivity index (χ1) is 15.4. The Bertz CT molecular complexity index is 1160. The number of aryl methyl sites for hydroxylation is 1. The van der Waals surface area contributed by atoms with Crippen molar-refractivity contribution in [1.29, 1.82) is 0 Å². The van der Waals surface area contributed by atoms with E-state index in [1.54, 1.807) is 12.3 Å². The van der Waals surface area contributed by atoms with Crippen LogP contribution in [0.3, 0.4) is 0 Å². The van der Waals surface area contributed by atoms with Crippen molar-refractivity contribution < 1.29 is 19.0 Å². The molecule has 1 aliphatic carbocycles. The summed E-state index contributed by atoms with van der Waals surface area (Å²) in [6.07, 6.45) is 2.82. The molecule has 168 valence electrons. The first kappa shape index (κ1) is 22.2. The SMILES string of the molecule is CNC(=O)O[C@H]1CC[C@@H](Nc2ncc(Cl)c(-c3cc(F)c4nccc(C)c4c3)n2)[C@H](O)C1. The van der Waals surface area contributed by atoms with Gasteiger partial charge in [0.05, 0.1) is 29.1 Å². The number of fused-ring (bicyclic) bond motifs is 1. The minimum atomic E-state index is -0.757. The van der Waals surface area contributed by atoms with Crippen LogP contribution in [0.15, 0.2) is 30.6 Å². The highest BCUT2D eigenvalue weighted by Gasteiger charge is 2.31. The van der Waals surface area contributed by atoms with Crippen molar-refractivity contribution in [2.75, 3.05) is 12.4 Å². The Kier molecular flexibility index (Phi) is 6.38. The van der Waals surface area contributed by atoms with Crippen molar-refractivity contribution in [2.45, 2.75) is 44.4 Å². The first-order valence-corrected chi connectivity index (χ1v) is 10.6. The molecule has 0 saturated heterocycles. The van der Waals surface area contributed by atoms with E-state index in [0.29, 0.717) is 35.9 Å². The van der Waals surface area contributed by atoms with E-state index in [-0.39, 0.29) is 28.6 Å². The average Bonchev–Trinajstić information content (AvgIpc) is 2.77. The van der Waals surface area contributed by atoms with Gasteiger partial charge in [0.15, 0.2) is 0 Å². The molecular formula is C22H23ClFN5O3. The van der Waals surface area contributed by atoms with Crippen LogP contribution >= 0.6 is 11.6 Å². The predicted octanol–water partition coefficient (Wildman–Crippen LogP) is 3.84. The average molecular weight is 460 g/mol. The lowest BCUT2D eigenvalue weighted by molar-refractivity contribution is 0.0172. The van der Waals surface area contributed by atoms with Crippen LogP contribution in [0, 0.1) is 12.7 Å². The van der Waals surface area contributed by atoms with Crippen LogP contribution in [0.25, 0.3) is 22.2 Å². The highest BCUT2D eigenvalue weighted by molar-refractivity contribution is 6.33. The summed E-state index contributed by atoms with van der Waals surface area (Å²) in [5, 5.41) is 17.0. The number of anilines is 1. The van der Waals surface area contributed by atoms with Crippen LogP contribution in [0.4, 0.5) is 15.1 Å². The van der Waals surface area contributed by atoms with Crippen LogP contribution < -0.4 is 10.6 Å². The predicted molar refractivity (Wildman–Crippen MR) is 119 cm³/mol. The topological polar surface area (TPSA) is 109 Å². The number of halogens is 2. The molecule has 1 amide bonds. The van der Waals surface area contributed by atoms with E-state index >= 15 is 0 Å². The van der Waals surface area contributed by atoms with Crippen LogP contribution in [-0.4, -0.2) is 51.4 Å². The fourth-order valence-electron chi connectivity index (χ4n) is 3.88. The zero-order valence-electron chi connectivity index (χ0n) is 17.6. The molecule has 1 saturated carbocycles. The third-order valence-electron chi connectivity index (χ3n) is 5.59. The molecule has 8 nitrogen and oxygen atoms in total. The number of rotatable bonds is 4. The zero-order chi connectivity index (χ0) is 22.8. The molecule has 2 heterocycles. The Balaban J connectivity index is 1.56. The lowest BCUT2D eigenvalue weighted by atomic mass is 9.90. The fraction of sp³-hybridized carbons (Fsp3) is 0.364. The monoisotopic (exact) mass is 459 g/mol. The molecule has 1 aliphatic rings. The first-order valence-electron chi connectivity index (χ1n) is 10.3. The van der Waals surface area contributed by atoms with E-state index in [9.17, 15) is 14.3 Å². The molecule has 0 radical (unpaired) electrons. The molecule has 0 bridgehead atoms. The quantitative estimate of drug-likeness (QED) is 0.543. The number of aliphatic hydroxyl groups is 1. The highest BCUT2D eigenvalue weighted by Crippen LogP contribution is 2.32. The summed E-state index contributed by atoms with van der Waals surface area (Å²) < 4.78 is 19.9. The molecule has 32 heavy (non-hydrogen) atoms. The normalized spacial score (nSPS) is 20.7. The molecule has 1 aromatic carbocycles. The van der Waals surface area contributed by atoms with Crippen LogP contribution in [0.1, 0.15) is 24.8 Å². The zero-order valence-corrected chi connectivity index (χ0v) is 18.4. The number of ether oxygens (including phenoxy) is 1. The van der Waals surface area contributed by atoms with Crippen molar-refractivity contribution in [2.24, 2.45) is 0 Å². The number of pyridine rings is 1. The molecular weight excluding hydrogens is 437 g/mol. The van der Waals surface area contributed by atoms with Gasteiger partial charge < -0.3 is 20.5 Å². The summed E-state index contributed by atoms with van der Waals surface area (Å²) in [4.78, 5) is 24.2. The summed E-state index contributed by atoms with van der Waals surface area (Å²) in [5.74, 6) is -0.196. The third-order valence-corrected chi connectivity index (χ3v) is 5.87. The van der Waals surface area contributed by atoms with Gasteiger partial charge >= 0.3 is 6.09 Å². The number of carbonyl (C=O) groups excluding carboxylic acids is 1. The van der Waals surface area contributed by atoms with Crippen molar-refractivity contribution in [3.8, 4) is 11.3 Å². The number of nitrogens with one attached hydrogen (secondary N) is 2. The van der Waals surface area contributed by atoms with Crippen LogP contribution in [0.2, 0.25) is 5.02 Å². The summed E-state index contributed by atoms with van der Waals surface area (Å²) in [7, 11) is 1.49. The number of nitrogens with zero attached hydrogens (tertiary/aromatic N) is 3. The van der Waals surface area contributed by atoms with E-state index in [1.807, 2.05) is 13.0 Å². The minimum Gasteiger partial charge on any atom is -0.446 e. The number of aromatic nitrogens is 3. The van der Waals surface area contributed by atoms with Crippen LogP contribution in [0.5, 0.6) is 0 Å². The van der Waals surface area contributed by atoms with Crippen molar-refractivity contribution in [3.63, 3.8) is 0 Å². The maximum absolute atomic E-state index is 14.7. The van der Waals surface area contributed by atoms with Gasteiger partial charge in [-0.15, -0.1) is 0 Å². The standard InChI is InChI=1S/C22H23ClFN5O3/c1-11-5-6-26-20-14(11)7-12(8-16(20)24)19-15(23)10-27-21(29-19)28-17-4-3-13(9-18(17)30)32-22(31)25-2/h5-8,10,13,17-18,30H,3-4,9H2,1-2H3,(H,25,31)(H,27,28,29)/t13-,17+,18+/m0/s1. The Labute approximate surface area is 189 Å². The second-order valence-electron chi connectivity index (χ2n) is 7.78. The second kappa shape index (κ2) is 9.22. The number of hydrogen-bond acceptors (Lipinski definition) is 7. The molecule has 10 heteroatoms. The Morgan fingerprint density at radius 1 is 1.31 bits per heavy atom. The Morgan fingerprint density at radius 2 is 2.12 bits per heavy atom. The fourth-order valence-corrected chi connectivity index (χ4v) is 4.08. The van der Waals surface area contributed by atoms with Gasteiger partial charge in [0.1, 0.15) is 17.4 Å².